The van der Waals surface area contributed by atoms with Gasteiger partial charge in [0.1, 0.15) is 29.5 Å². The summed E-state index contributed by atoms with van der Waals surface area (Å²) in [5.74, 6) is -2.72. The molecule has 0 amide bonds. The second-order valence-corrected chi connectivity index (χ2v) is 8.99. The Labute approximate surface area is 186 Å². The molecule has 3 aromatic rings. The normalized spacial score (nSPS) is 11.2. The van der Waals surface area contributed by atoms with Crippen LogP contribution >= 0.6 is 11.5 Å². The molecule has 1 heterocycles. The van der Waals surface area contributed by atoms with Crippen molar-refractivity contribution in [2.24, 2.45) is 0 Å². The summed E-state index contributed by atoms with van der Waals surface area (Å²) >= 11 is 0.569. The fraction of sp³-hybridized carbons (Fsp3) is 0.211. The minimum absolute atomic E-state index is 0.258. The first-order valence-corrected chi connectivity index (χ1v) is 11.0. The van der Waals surface area contributed by atoms with Gasteiger partial charge >= 0.3 is 5.97 Å². The van der Waals surface area contributed by atoms with E-state index in [-0.39, 0.29) is 5.75 Å². The molecule has 0 bridgehead atoms. The maximum absolute atomic E-state index is 15.0. The van der Waals surface area contributed by atoms with E-state index in [4.69, 9.17) is 9.47 Å². The summed E-state index contributed by atoms with van der Waals surface area (Å²) in [6.07, 6.45) is 1.03. The van der Waals surface area contributed by atoms with Crippen LogP contribution in [0.4, 0.5) is 14.5 Å². The highest BCUT2D eigenvalue weighted by molar-refractivity contribution is 7.94. The molecule has 0 aliphatic carbocycles. The van der Waals surface area contributed by atoms with Gasteiger partial charge in [-0.3, -0.25) is 4.31 Å². The first kappa shape index (κ1) is 23.3. The molecule has 170 valence electrons. The molecular formula is C19H17F2N3O6S2. The smallest absolute Gasteiger partial charge is 0.340 e. The van der Waals surface area contributed by atoms with E-state index in [1.54, 1.807) is 6.07 Å². The van der Waals surface area contributed by atoms with Crippen LogP contribution in [0.3, 0.4) is 0 Å². The molecule has 32 heavy (non-hydrogen) atoms. The minimum Gasteiger partial charge on any atom is -0.497 e. The number of methoxy groups -OCH3 is 3. The molecule has 2 aromatic carbocycles. The van der Waals surface area contributed by atoms with Gasteiger partial charge in [-0.1, -0.05) is 0 Å². The third-order valence-electron chi connectivity index (χ3n) is 4.37. The zero-order valence-electron chi connectivity index (χ0n) is 17.0. The highest BCUT2D eigenvalue weighted by Crippen LogP contribution is 2.33. The zero-order valence-corrected chi connectivity index (χ0v) is 18.7. The van der Waals surface area contributed by atoms with Crippen LogP contribution in [0.2, 0.25) is 0 Å². The second-order valence-electron chi connectivity index (χ2n) is 6.17. The van der Waals surface area contributed by atoms with Crippen LogP contribution in [0.1, 0.15) is 15.9 Å². The lowest BCUT2D eigenvalue weighted by molar-refractivity contribution is 0.0595. The molecule has 9 nitrogen and oxygen atoms in total. The lowest BCUT2D eigenvalue weighted by atomic mass is 10.1. The maximum Gasteiger partial charge on any atom is 0.340 e. The lowest BCUT2D eigenvalue weighted by Crippen LogP contribution is -2.32. The highest BCUT2D eigenvalue weighted by atomic mass is 32.2. The van der Waals surface area contributed by atoms with Crippen molar-refractivity contribution in [1.82, 2.24) is 9.36 Å². The lowest BCUT2D eigenvalue weighted by Gasteiger charge is -2.25. The summed E-state index contributed by atoms with van der Waals surface area (Å²) in [6.45, 7) is -0.441. The number of nitrogens with zero attached hydrogens (tertiary/aromatic N) is 3. The van der Waals surface area contributed by atoms with Crippen LogP contribution in [-0.2, 0) is 21.3 Å². The maximum atomic E-state index is 15.0. The van der Waals surface area contributed by atoms with Crippen molar-refractivity contribution < 1.29 is 36.2 Å². The number of sulfonamides is 1. The average molecular weight is 485 g/mol. The molecule has 0 N–H and O–H groups in total. The number of halogens is 2. The number of esters is 1. The molecule has 0 radical (unpaired) electrons. The summed E-state index contributed by atoms with van der Waals surface area (Å²) in [7, 11) is -0.635. The Bertz CT molecular complexity index is 1240. The highest BCUT2D eigenvalue weighted by Gasteiger charge is 2.32. The van der Waals surface area contributed by atoms with Gasteiger partial charge in [-0.25, -0.2) is 18.6 Å². The predicted molar refractivity (Wildman–Crippen MR) is 111 cm³/mol. The molecule has 0 saturated heterocycles. The number of ether oxygens (including phenoxy) is 3. The Balaban J connectivity index is 2.18. The Morgan fingerprint density at radius 3 is 2.44 bits per heavy atom. The van der Waals surface area contributed by atoms with E-state index < -0.39 is 49.8 Å². The van der Waals surface area contributed by atoms with Crippen molar-refractivity contribution in [2.75, 3.05) is 25.6 Å². The van der Waals surface area contributed by atoms with Gasteiger partial charge in [-0.05, 0) is 29.7 Å². The van der Waals surface area contributed by atoms with E-state index in [0.29, 0.717) is 39.3 Å². The molecule has 0 fully saturated rings. The van der Waals surface area contributed by atoms with Gasteiger partial charge < -0.3 is 14.2 Å². The Morgan fingerprint density at radius 2 is 1.84 bits per heavy atom. The van der Waals surface area contributed by atoms with E-state index in [1.807, 2.05) is 0 Å². The molecule has 1 aromatic heterocycles. The average Bonchev–Trinajstić information content (AvgIpc) is 3.34. The quantitative estimate of drug-likeness (QED) is 0.448. The topological polar surface area (TPSA) is 108 Å². The van der Waals surface area contributed by atoms with Crippen molar-refractivity contribution in [3.63, 3.8) is 0 Å². The minimum atomic E-state index is -4.46. The van der Waals surface area contributed by atoms with E-state index in [2.05, 4.69) is 14.1 Å². The first-order chi connectivity index (χ1) is 15.2. The Kier molecular flexibility index (Phi) is 6.89. The second kappa shape index (κ2) is 9.44. The molecule has 0 aliphatic rings. The van der Waals surface area contributed by atoms with Crippen LogP contribution in [-0.4, -0.2) is 45.1 Å². The first-order valence-electron chi connectivity index (χ1n) is 8.80. The van der Waals surface area contributed by atoms with Crippen LogP contribution in [0.5, 0.6) is 11.5 Å². The molecule has 3 rings (SSSR count). The van der Waals surface area contributed by atoms with Crippen LogP contribution in [0.25, 0.3) is 0 Å². The van der Waals surface area contributed by atoms with Crippen molar-refractivity contribution in [3.8, 4) is 11.5 Å². The molecular weight excluding hydrogens is 468 g/mol. The molecule has 0 spiro atoms. The van der Waals surface area contributed by atoms with Crippen LogP contribution in [0.15, 0.2) is 41.0 Å². The van der Waals surface area contributed by atoms with Gasteiger partial charge in [-0.15, -0.1) is 0 Å². The van der Waals surface area contributed by atoms with Gasteiger partial charge in [-0.2, -0.15) is 12.8 Å². The fourth-order valence-corrected chi connectivity index (χ4v) is 4.93. The molecule has 0 aliphatic heterocycles. The molecule has 0 saturated carbocycles. The predicted octanol–water partition coefficient (Wildman–Crippen LogP) is 3.02. The summed E-state index contributed by atoms with van der Waals surface area (Å²) in [5.41, 5.74) is -0.981. The standard InChI is InChI=1S/C19H17F2N3O6S2/c1-28-12-5-4-11(17(6-12)29-2)9-24(32(26,27)19-22-10-23-31-19)16-8-14(20)13(7-15(16)21)18(25)30-3/h4-8,10H,9H2,1-3H3. The number of hydrogen-bond donors (Lipinski definition) is 0. The summed E-state index contributed by atoms with van der Waals surface area (Å²) < 4.78 is 74.8. The van der Waals surface area contributed by atoms with Crippen LogP contribution in [0, 0.1) is 11.6 Å². The largest absolute Gasteiger partial charge is 0.497 e. The number of anilines is 1. The van der Waals surface area contributed by atoms with Crippen molar-refractivity contribution in [2.45, 2.75) is 10.9 Å². The summed E-state index contributed by atoms with van der Waals surface area (Å²) in [4.78, 5) is 15.4. The molecule has 13 heteroatoms. The van der Waals surface area contributed by atoms with Gasteiger partial charge in [0.05, 0.1) is 39.1 Å². The molecule has 0 unspecified atom stereocenters. The van der Waals surface area contributed by atoms with Crippen molar-refractivity contribution >= 4 is 33.2 Å². The third-order valence-corrected chi connectivity index (χ3v) is 7.14. The van der Waals surface area contributed by atoms with Gasteiger partial charge in [0.2, 0.25) is 4.34 Å². The van der Waals surface area contributed by atoms with Crippen LogP contribution < -0.4 is 13.8 Å². The van der Waals surface area contributed by atoms with Gasteiger partial charge in [0, 0.05) is 17.7 Å². The summed E-state index contributed by atoms with van der Waals surface area (Å²) in [5, 5.41) is 0. The number of benzene rings is 2. The number of rotatable bonds is 8. The van der Waals surface area contributed by atoms with E-state index in [9.17, 15) is 22.0 Å². The van der Waals surface area contributed by atoms with Crippen molar-refractivity contribution in [1.29, 1.82) is 0 Å². The number of carbonyl (C=O) groups is 1. The third kappa shape index (κ3) is 4.48. The monoisotopic (exact) mass is 485 g/mol. The number of aromatic nitrogens is 2. The van der Waals surface area contributed by atoms with E-state index in [0.717, 1.165) is 13.4 Å². The molecule has 0 atom stereocenters. The van der Waals surface area contributed by atoms with Gasteiger partial charge in [0.15, 0.2) is 0 Å². The number of carbonyl (C=O) groups excluding carboxylic acids is 1. The number of hydrogen-bond acceptors (Lipinski definition) is 9. The zero-order chi connectivity index (χ0) is 23.5. The Hall–Kier alpha value is -3.32. The van der Waals surface area contributed by atoms with Crippen molar-refractivity contribution in [3.05, 3.63) is 59.4 Å². The van der Waals surface area contributed by atoms with Gasteiger partial charge in [0.25, 0.3) is 10.0 Å². The Morgan fingerprint density at radius 1 is 1.09 bits per heavy atom. The van der Waals surface area contributed by atoms with E-state index >= 15 is 0 Å². The SMILES string of the molecule is COC(=O)c1cc(F)c(N(Cc2ccc(OC)cc2OC)S(=O)(=O)c2ncns2)cc1F. The van der Waals surface area contributed by atoms with E-state index in [1.165, 1.54) is 26.4 Å². The fourth-order valence-electron chi connectivity index (χ4n) is 2.80. The summed E-state index contributed by atoms with van der Waals surface area (Å²) in [6, 6.07) is 5.78.